The van der Waals surface area contributed by atoms with Gasteiger partial charge in [-0.3, -0.25) is 10.00 Å². The first-order valence-corrected chi connectivity index (χ1v) is 10.0. The van der Waals surface area contributed by atoms with E-state index in [0.29, 0.717) is 17.2 Å². The number of aromatic nitrogens is 4. The van der Waals surface area contributed by atoms with Gasteiger partial charge in [-0.05, 0) is 22.0 Å². The van der Waals surface area contributed by atoms with Crippen molar-refractivity contribution in [2.75, 3.05) is 52.4 Å². The number of hydrogen-bond donors (Lipinski definition) is 1. The number of rotatable bonds is 6. The minimum atomic E-state index is 0.624. The number of piperazine rings is 1. The smallest absolute Gasteiger partial charge is 0.203 e. The molecule has 0 aliphatic carbocycles. The number of fused-ring (bicyclic) bond motifs is 1. The first-order valence-electron chi connectivity index (χ1n) is 9.26. The first kappa shape index (κ1) is 19.7. The molecule has 0 unspecified atom stereocenters. The Labute approximate surface area is 177 Å². The van der Waals surface area contributed by atoms with E-state index in [2.05, 4.69) is 45.9 Å². The van der Waals surface area contributed by atoms with E-state index < -0.39 is 0 Å². The van der Waals surface area contributed by atoms with Gasteiger partial charge in [-0.1, -0.05) is 6.07 Å². The summed E-state index contributed by atoms with van der Waals surface area (Å²) in [6.45, 7) is 4.29. The lowest BCUT2D eigenvalue weighted by atomic mass is 10.1. The molecule has 1 saturated heterocycles. The molecule has 2 aromatic heterocycles. The van der Waals surface area contributed by atoms with Crippen molar-refractivity contribution < 1.29 is 14.2 Å². The third-order valence-electron chi connectivity index (χ3n) is 5.15. The summed E-state index contributed by atoms with van der Waals surface area (Å²) in [7, 11) is 4.90. The van der Waals surface area contributed by atoms with Crippen LogP contribution in [0.15, 0.2) is 23.1 Å². The first-order chi connectivity index (χ1) is 14.2. The Balaban J connectivity index is 1.49. The van der Waals surface area contributed by atoms with Crippen LogP contribution in [0.3, 0.4) is 0 Å². The Kier molecular flexibility index (Phi) is 5.72. The van der Waals surface area contributed by atoms with Crippen molar-refractivity contribution in [2.24, 2.45) is 0 Å². The highest BCUT2D eigenvalue weighted by molar-refractivity contribution is 9.10. The van der Waals surface area contributed by atoms with Crippen molar-refractivity contribution in [1.29, 1.82) is 0 Å². The van der Waals surface area contributed by atoms with Gasteiger partial charge in [0.2, 0.25) is 5.75 Å². The van der Waals surface area contributed by atoms with Gasteiger partial charge in [0.05, 0.1) is 26.7 Å². The van der Waals surface area contributed by atoms with Crippen molar-refractivity contribution in [2.45, 2.75) is 6.54 Å². The van der Waals surface area contributed by atoms with Crippen LogP contribution in [0.5, 0.6) is 17.2 Å². The quantitative estimate of drug-likeness (QED) is 0.597. The Morgan fingerprint density at radius 1 is 1.00 bits per heavy atom. The molecule has 1 N–H and O–H groups in total. The highest BCUT2D eigenvalue weighted by atomic mass is 79.9. The monoisotopic (exact) mass is 462 g/mol. The summed E-state index contributed by atoms with van der Waals surface area (Å²) < 4.78 is 17.2. The number of ether oxygens (including phenoxy) is 3. The molecule has 0 amide bonds. The number of halogens is 1. The summed E-state index contributed by atoms with van der Waals surface area (Å²) in [5.74, 6) is 2.91. The number of nitrogens with one attached hydrogen (secondary N) is 1. The molecule has 9 nitrogen and oxygen atoms in total. The van der Waals surface area contributed by atoms with Crippen molar-refractivity contribution in [1.82, 2.24) is 25.1 Å². The second kappa shape index (κ2) is 8.42. The molecule has 4 rings (SSSR count). The van der Waals surface area contributed by atoms with E-state index in [0.717, 1.165) is 59.7 Å². The molecular formula is C19H23BrN6O3. The molecule has 1 aliphatic rings. The van der Waals surface area contributed by atoms with E-state index >= 15 is 0 Å². The zero-order valence-corrected chi connectivity index (χ0v) is 18.2. The van der Waals surface area contributed by atoms with Crippen molar-refractivity contribution >= 4 is 32.8 Å². The lowest BCUT2D eigenvalue weighted by molar-refractivity contribution is 0.243. The van der Waals surface area contributed by atoms with Crippen LogP contribution in [-0.2, 0) is 6.54 Å². The van der Waals surface area contributed by atoms with E-state index in [9.17, 15) is 0 Å². The van der Waals surface area contributed by atoms with E-state index in [1.807, 2.05) is 12.1 Å². The SMILES string of the molecule is COc1ccc(CN2CCN(c3ncnc4[nH]nc(Br)c34)CC2)c(OC)c1OC. The summed E-state index contributed by atoms with van der Waals surface area (Å²) in [5.41, 5.74) is 1.81. The average molecular weight is 463 g/mol. The van der Waals surface area contributed by atoms with Crippen LogP contribution in [0.25, 0.3) is 11.0 Å². The fourth-order valence-electron chi connectivity index (χ4n) is 3.70. The van der Waals surface area contributed by atoms with Crippen molar-refractivity contribution in [3.05, 3.63) is 28.6 Å². The summed E-state index contributed by atoms with van der Waals surface area (Å²) in [4.78, 5) is 13.4. The molecule has 29 heavy (non-hydrogen) atoms. The Morgan fingerprint density at radius 3 is 2.45 bits per heavy atom. The molecule has 1 aromatic carbocycles. The molecule has 1 aliphatic heterocycles. The lowest BCUT2D eigenvalue weighted by Gasteiger charge is -2.35. The highest BCUT2D eigenvalue weighted by Gasteiger charge is 2.24. The highest BCUT2D eigenvalue weighted by Crippen LogP contribution is 2.40. The summed E-state index contributed by atoms with van der Waals surface area (Å²) in [6.07, 6.45) is 1.57. The van der Waals surface area contributed by atoms with Crippen molar-refractivity contribution in [3.63, 3.8) is 0 Å². The van der Waals surface area contributed by atoms with E-state index in [1.165, 1.54) is 0 Å². The van der Waals surface area contributed by atoms with Gasteiger partial charge in [-0.25, -0.2) is 9.97 Å². The van der Waals surface area contributed by atoms with Gasteiger partial charge >= 0.3 is 0 Å². The van der Waals surface area contributed by atoms with Crippen LogP contribution < -0.4 is 19.1 Å². The predicted molar refractivity (Wildman–Crippen MR) is 113 cm³/mol. The van der Waals surface area contributed by atoms with Gasteiger partial charge in [-0.15, -0.1) is 0 Å². The molecule has 0 saturated carbocycles. The molecule has 0 atom stereocenters. The summed E-state index contributed by atoms with van der Waals surface area (Å²) in [6, 6.07) is 3.95. The van der Waals surface area contributed by atoms with Crippen LogP contribution in [-0.4, -0.2) is 72.6 Å². The molecule has 1 fully saturated rings. The Bertz CT molecular complexity index is 1000. The van der Waals surface area contributed by atoms with Gasteiger partial charge < -0.3 is 19.1 Å². The zero-order chi connectivity index (χ0) is 20.4. The fourth-order valence-corrected chi connectivity index (χ4v) is 4.15. The van der Waals surface area contributed by atoms with E-state index in [-0.39, 0.29) is 0 Å². The summed E-state index contributed by atoms with van der Waals surface area (Å²) in [5, 5.41) is 8.03. The van der Waals surface area contributed by atoms with Crippen LogP contribution in [0, 0.1) is 0 Å². The molecule has 0 spiro atoms. The van der Waals surface area contributed by atoms with Gasteiger partial charge in [0, 0.05) is 38.3 Å². The Morgan fingerprint density at radius 2 is 1.76 bits per heavy atom. The standard InChI is InChI=1S/C19H23BrN6O3/c1-27-13-5-4-12(15(28-2)16(13)29-3)10-25-6-8-26(9-7-25)19-14-17(20)23-24-18(14)21-11-22-19/h4-5,11H,6-10H2,1-3H3,(H,21,22,23,24). The number of nitrogens with zero attached hydrogens (tertiary/aromatic N) is 5. The van der Waals surface area contributed by atoms with E-state index in [1.54, 1.807) is 27.7 Å². The largest absolute Gasteiger partial charge is 0.493 e. The van der Waals surface area contributed by atoms with Crippen LogP contribution in [0.4, 0.5) is 5.82 Å². The maximum absolute atomic E-state index is 5.62. The van der Waals surface area contributed by atoms with Crippen LogP contribution >= 0.6 is 15.9 Å². The third-order valence-corrected chi connectivity index (χ3v) is 5.72. The maximum atomic E-state index is 5.62. The number of methoxy groups -OCH3 is 3. The van der Waals surface area contributed by atoms with Gasteiger partial charge in [0.1, 0.15) is 16.7 Å². The second-order valence-corrected chi connectivity index (χ2v) is 7.44. The van der Waals surface area contributed by atoms with Crippen LogP contribution in [0.1, 0.15) is 5.56 Å². The predicted octanol–water partition coefficient (Wildman–Crippen LogP) is 2.46. The van der Waals surface area contributed by atoms with Gasteiger partial charge in [0.15, 0.2) is 17.1 Å². The molecule has 3 aromatic rings. The molecular weight excluding hydrogens is 440 g/mol. The van der Waals surface area contributed by atoms with Crippen molar-refractivity contribution in [3.8, 4) is 17.2 Å². The molecule has 0 radical (unpaired) electrons. The molecule has 3 heterocycles. The minimum Gasteiger partial charge on any atom is -0.493 e. The fraction of sp³-hybridized carbons (Fsp3) is 0.421. The number of hydrogen-bond acceptors (Lipinski definition) is 8. The minimum absolute atomic E-state index is 0.624. The Hall–Kier alpha value is -2.59. The van der Waals surface area contributed by atoms with Crippen LogP contribution in [0.2, 0.25) is 0 Å². The van der Waals surface area contributed by atoms with Gasteiger partial charge in [0.25, 0.3) is 0 Å². The normalized spacial score (nSPS) is 15.0. The number of H-pyrrole nitrogens is 1. The lowest BCUT2D eigenvalue weighted by Crippen LogP contribution is -2.46. The third kappa shape index (κ3) is 3.69. The van der Waals surface area contributed by atoms with E-state index in [4.69, 9.17) is 14.2 Å². The maximum Gasteiger partial charge on any atom is 0.203 e. The number of aromatic amines is 1. The van der Waals surface area contributed by atoms with Gasteiger partial charge in [-0.2, -0.15) is 5.10 Å². The molecule has 154 valence electrons. The zero-order valence-electron chi connectivity index (χ0n) is 16.6. The molecule has 10 heteroatoms. The second-order valence-electron chi connectivity index (χ2n) is 6.69. The average Bonchev–Trinajstić information content (AvgIpc) is 3.15. The topological polar surface area (TPSA) is 88.6 Å². The molecule has 0 bridgehead atoms. The summed E-state index contributed by atoms with van der Waals surface area (Å²) >= 11 is 3.49. The number of benzene rings is 1. The number of anilines is 1.